The number of hydrogen-bond acceptors (Lipinski definition) is 0. The normalized spacial score (nSPS) is 7.00. The van der Waals surface area contributed by atoms with Crippen LogP contribution < -0.4 is 5.73 Å². The Balaban J connectivity index is 0. The molecule has 0 rings (SSSR count). The third kappa shape index (κ3) is 8.87. The van der Waals surface area contributed by atoms with Gasteiger partial charge in [-0.05, 0) is 6.42 Å². The first-order chi connectivity index (χ1) is 2.41. The van der Waals surface area contributed by atoms with Gasteiger partial charge in [-0.15, -0.1) is 12.4 Å². The van der Waals surface area contributed by atoms with Crippen LogP contribution >= 0.6 is 12.4 Å². The van der Waals surface area contributed by atoms with Crippen molar-refractivity contribution in [1.29, 1.82) is 0 Å². The van der Waals surface area contributed by atoms with Gasteiger partial charge in [0.2, 0.25) is 0 Å². The molecule has 0 aliphatic heterocycles. The highest BCUT2D eigenvalue weighted by atomic mass is 35.5. The molecule has 0 heterocycles. The highest BCUT2D eigenvalue weighted by Crippen LogP contribution is 1.75. The van der Waals surface area contributed by atoms with Gasteiger partial charge in [0.05, 0.1) is 6.54 Å². The molecule has 0 aromatic carbocycles. The van der Waals surface area contributed by atoms with Gasteiger partial charge in [0.25, 0.3) is 0 Å². The van der Waals surface area contributed by atoms with Crippen LogP contribution in [0.2, 0.25) is 0 Å². The highest BCUT2D eigenvalue weighted by Gasteiger charge is 1.71. The standard InChI is InChI=1S/C4H11N.ClH/c1-2-3-4-5;/h2-5H2,1H3;1H/p+1. The number of unbranched alkanes of at least 4 members (excludes halogenated alkanes) is 1. The van der Waals surface area contributed by atoms with Crippen LogP contribution in [0.1, 0.15) is 19.8 Å². The van der Waals surface area contributed by atoms with Crippen molar-refractivity contribution in [3.63, 3.8) is 0 Å². The fraction of sp³-hybridized carbons (Fsp3) is 1.00. The summed E-state index contributed by atoms with van der Waals surface area (Å²) in [6.07, 6.45) is 2.56. The van der Waals surface area contributed by atoms with Crippen molar-refractivity contribution in [3.05, 3.63) is 0 Å². The lowest BCUT2D eigenvalue weighted by Crippen LogP contribution is -2.49. The smallest absolute Gasteiger partial charge is 0.0739 e. The molecule has 0 bridgehead atoms. The Hall–Kier alpha value is 0.250. The Labute approximate surface area is 45.3 Å². The second kappa shape index (κ2) is 8.98. The Morgan fingerprint density at radius 1 is 1.50 bits per heavy atom. The van der Waals surface area contributed by atoms with Gasteiger partial charge in [0.15, 0.2) is 0 Å². The Morgan fingerprint density at radius 3 is 2.00 bits per heavy atom. The molecule has 40 valence electrons. The maximum Gasteiger partial charge on any atom is 0.0739 e. The molecule has 0 aromatic heterocycles. The van der Waals surface area contributed by atoms with E-state index in [1.165, 1.54) is 12.8 Å². The number of hydrogen-bond donors (Lipinski definition) is 1. The Kier molecular flexibility index (Phi) is 14.3. The molecule has 2 heteroatoms. The van der Waals surface area contributed by atoms with E-state index in [-0.39, 0.29) is 12.4 Å². The summed E-state index contributed by atoms with van der Waals surface area (Å²) in [5.41, 5.74) is 3.68. The molecule has 0 saturated carbocycles. The first-order valence-electron chi connectivity index (χ1n) is 2.21. The minimum atomic E-state index is 0. The van der Waals surface area contributed by atoms with Gasteiger partial charge in [-0.3, -0.25) is 0 Å². The maximum absolute atomic E-state index is 3.68. The van der Waals surface area contributed by atoms with Gasteiger partial charge in [-0.2, -0.15) is 0 Å². The molecule has 0 aliphatic carbocycles. The molecule has 0 aromatic rings. The first-order valence-corrected chi connectivity index (χ1v) is 2.21. The van der Waals surface area contributed by atoms with E-state index in [0.29, 0.717) is 0 Å². The zero-order valence-electron chi connectivity index (χ0n) is 4.24. The maximum atomic E-state index is 3.68. The van der Waals surface area contributed by atoms with Crippen LogP contribution in [0.4, 0.5) is 0 Å². The quantitative estimate of drug-likeness (QED) is 0.535. The lowest BCUT2D eigenvalue weighted by Gasteiger charge is -1.77. The van der Waals surface area contributed by atoms with Gasteiger partial charge in [-0.25, -0.2) is 0 Å². The summed E-state index contributed by atoms with van der Waals surface area (Å²) >= 11 is 0. The molecule has 6 heavy (non-hydrogen) atoms. The lowest BCUT2D eigenvalue weighted by molar-refractivity contribution is -0.368. The van der Waals surface area contributed by atoms with Crippen LogP contribution in [0.25, 0.3) is 0 Å². The van der Waals surface area contributed by atoms with Gasteiger partial charge in [0, 0.05) is 0 Å². The molecular weight excluding hydrogens is 97.5 g/mol. The van der Waals surface area contributed by atoms with E-state index < -0.39 is 0 Å². The monoisotopic (exact) mass is 110 g/mol. The number of halogens is 1. The van der Waals surface area contributed by atoms with Gasteiger partial charge in [-0.1, -0.05) is 13.3 Å². The summed E-state index contributed by atoms with van der Waals surface area (Å²) in [6, 6.07) is 0. The zero-order chi connectivity index (χ0) is 4.12. The minimum absolute atomic E-state index is 0. The fourth-order valence-electron chi connectivity index (χ4n) is 0.250. The van der Waals surface area contributed by atoms with Crippen molar-refractivity contribution in [2.75, 3.05) is 6.54 Å². The van der Waals surface area contributed by atoms with Crippen molar-refractivity contribution in [3.8, 4) is 0 Å². The van der Waals surface area contributed by atoms with Crippen LogP contribution in [0.3, 0.4) is 0 Å². The molecule has 0 spiro atoms. The molecule has 3 N–H and O–H groups in total. The second-order valence-electron chi connectivity index (χ2n) is 1.21. The van der Waals surface area contributed by atoms with Crippen molar-refractivity contribution < 1.29 is 5.73 Å². The summed E-state index contributed by atoms with van der Waals surface area (Å²) < 4.78 is 0. The summed E-state index contributed by atoms with van der Waals surface area (Å²) in [4.78, 5) is 0. The summed E-state index contributed by atoms with van der Waals surface area (Å²) in [7, 11) is 0. The van der Waals surface area contributed by atoms with Gasteiger partial charge >= 0.3 is 0 Å². The van der Waals surface area contributed by atoms with E-state index in [1.54, 1.807) is 0 Å². The molecular formula is C4H13ClN+. The largest absolute Gasteiger partial charge is 0.358 e. The Morgan fingerprint density at radius 2 is 2.00 bits per heavy atom. The highest BCUT2D eigenvalue weighted by molar-refractivity contribution is 5.85. The van der Waals surface area contributed by atoms with Crippen molar-refractivity contribution >= 4 is 12.4 Å². The molecule has 0 unspecified atom stereocenters. The van der Waals surface area contributed by atoms with E-state index in [2.05, 4.69) is 12.7 Å². The molecule has 0 amide bonds. The molecule has 0 radical (unpaired) electrons. The van der Waals surface area contributed by atoms with Crippen LogP contribution in [0, 0.1) is 0 Å². The van der Waals surface area contributed by atoms with E-state index in [0.717, 1.165) is 6.54 Å². The third-order valence-corrected chi connectivity index (χ3v) is 0.604. The van der Waals surface area contributed by atoms with E-state index in [9.17, 15) is 0 Å². The molecule has 1 nitrogen and oxygen atoms in total. The number of rotatable bonds is 2. The molecule has 0 saturated heterocycles. The van der Waals surface area contributed by atoms with E-state index >= 15 is 0 Å². The van der Waals surface area contributed by atoms with E-state index in [1.807, 2.05) is 0 Å². The van der Waals surface area contributed by atoms with E-state index in [4.69, 9.17) is 0 Å². The van der Waals surface area contributed by atoms with Crippen molar-refractivity contribution in [2.45, 2.75) is 19.8 Å². The van der Waals surface area contributed by atoms with Gasteiger partial charge < -0.3 is 5.73 Å². The van der Waals surface area contributed by atoms with Crippen LogP contribution in [-0.2, 0) is 0 Å². The second-order valence-corrected chi connectivity index (χ2v) is 1.21. The molecule has 0 atom stereocenters. The molecule has 0 fully saturated rings. The fourth-order valence-corrected chi connectivity index (χ4v) is 0.250. The predicted molar refractivity (Wildman–Crippen MR) is 29.9 cm³/mol. The van der Waals surface area contributed by atoms with Crippen LogP contribution in [0.5, 0.6) is 0 Å². The van der Waals surface area contributed by atoms with Crippen LogP contribution in [-0.4, -0.2) is 6.54 Å². The summed E-state index contributed by atoms with van der Waals surface area (Å²) in [5, 5.41) is 0. The minimum Gasteiger partial charge on any atom is -0.358 e. The summed E-state index contributed by atoms with van der Waals surface area (Å²) in [6.45, 7) is 3.27. The predicted octanol–water partition coefficient (Wildman–Crippen LogP) is 0.450. The Bertz CT molecular complexity index is 15.0. The van der Waals surface area contributed by atoms with Gasteiger partial charge in [0.1, 0.15) is 0 Å². The summed E-state index contributed by atoms with van der Waals surface area (Å²) in [5.74, 6) is 0. The number of quaternary nitrogens is 1. The third-order valence-electron chi connectivity index (χ3n) is 0.604. The zero-order valence-corrected chi connectivity index (χ0v) is 5.05. The average Bonchev–Trinajstić information content (AvgIpc) is 1.41. The lowest BCUT2D eigenvalue weighted by atomic mass is 10.3. The first kappa shape index (κ1) is 9.54. The SMILES string of the molecule is CCCC[NH3+].Cl. The average molecular weight is 111 g/mol. The van der Waals surface area contributed by atoms with Crippen molar-refractivity contribution in [1.82, 2.24) is 0 Å². The molecule has 0 aliphatic rings. The van der Waals surface area contributed by atoms with Crippen LogP contribution in [0.15, 0.2) is 0 Å². The van der Waals surface area contributed by atoms with Crippen molar-refractivity contribution in [2.24, 2.45) is 0 Å². The topological polar surface area (TPSA) is 27.6 Å².